The van der Waals surface area contributed by atoms with Crippen LogP contribution >= 0.6 is 15.9 Å². The Hall–Kier alpha value is -6.46. The zero-order chi connectivity index (χ0) is 40.4. The molecular formula is C47H35BrN2O8. The number of nitrogens with zero attached hydrogens (tertiary/aromatic N) is 2. The van der Waals surface area contributed by atoms with E-state index in [-0.39, 0.29) is 41.8 Å². The number of anilines is 2. The number of carbonyl (C=O) groups excluding carboxylic acids is 6. The van der Waals surface area contributed by atoms with Gasteiger partial charge in [0.05, 0.1) is 42.2 Å². The normalized spacial score (nSPS) is 23.6. The minimum Gasteiger partial charge on any atom is -0.504 e. The fourth-order valence-electron chi connectivity index (χ4n) is 9.47. The van der Waals surface area contributed by atoms with Crippen LogP contribution in [-0.4, -0.2) is 47.4 Å². The maximum Gasteiger partial charge on any atom is 0.238 e. The van der Waals surface area contributed by atoms with Crippen molar-refractivity contribution in [2.24, 2.45) is 29.6 Å². The van der Waals surface area contributed by atoms with Crippen LogP contribution in [0.2, 0.25) is 0 Å². The van der Waals surface area contributed by atoms with Gasteiger partial charge >= 0.3 is 0 Å². The molecule has 10 nitrogen and oxygen atoms in total. The van der Waals surface area contributed by atoms with E-state index >= 15 is 0 Å². The largest absolute Gasteiger partial charge is 0.504 e. The number of phenolic OH excluding ortho intramolecular Hbond substituents is 1. The summed E-state index contributed by atoms with van der Waals surface area (Å²) in [4.78, 5) is 86.5. The molecule has 1 N–H and O–H groups in total. The predicted molar refractivity (Wildman–Crippen MR) is 217 cm³/mol. The van der Waals surface area contributed by atoms with Gasteiger partial charge in [0.1, 0.15) is 0 Å². The standard InChI is InChI=1S/C47H35BrN2O8/c1-58-37-23-29(48)22-35(43(37)53)38-32-20-21-33-39(46(56)49(44(33)54)30-16-12-27(13-17-30)41(51)25-8-4-2-5-9-25)34(32)24-36-40(38)47(57)50(45(36)55)31-18-14-28(15-19-31)42(52)26-10-6-3-7-11-26/h2-20,22-23,33-34,36,38-40,53H,21,24H2,1H3. The van der Waals surface area contributed by atoms with Crippen molar-refractivity contribution in [2.75, 3.05) is 16.9 Å². The van der Waals surface area contributed by atoms with E-state index in [1.54, 1.807) is 109 Å². The highest BCUT2D eigenvalue weighted by Gasteiger charge is 2.62. The van der Waals surface area contributed by atoms with Gasteiger partial charge in [-0.15, -0.1) is 0 Å². The number of rotatable bonds is 8. The summed E-state index contributed by atoms with van der Waals surface area (Å²) in [5, 5.41) is 11.6. The molecule has 6 unspecified atom stereocenters. The molecule has 9 rings (SSSR count). The molecule has 0 spiro atoms. The molecule has 2 heterocycles. The van der Waals surface area contributed by atoms with Crippen LogP contribution in [0.5, 0.6) is 11.5 Å². The van der Waals surface area contributed by atoms with Crippen molar-refractivity contribution in [3.63, 3.8) is 0 Å². The summed E-state index contributed by atoms with van der Waals surface area (Å²) >= 11 is 3.52. The van der Waals surface area contributed by atoms with Crippen molar-refractivity contribution < 1.29 is 38.6 Å². The molecule has 0 radical (unpaired) electrons. The van der Waals surface area contributed by atoms with E-state index in [0.29, 0.717) is 49.2 Å². The highest BCUT2D eigenvalue weighted by Crippen LogP contribution is 2.60. The molecule has 0 aromatic heterocycles. The van der Waals surface area contributed by atoms with Crippen LogP contribution in [-0.2, 0) is 19.2 Å². The minimum absolute atomic E-state index is 0.128. The van der Waals surface area contributed by atoms with Crippen LogP contribution in [0, 0.1) is 29.6 Å². The maximum absolute atomic E-state index is 14.7. The summed E-state index contributed by atoms with van der Waals surface area (Å²) < 4.78 is 6.08. The third kappa shape index (κ3) is 5.91. The Morgan fingerprint density at radius 3 is 1.62 bits per heavy atom. The number of hydrogen-bond donors (Lipinski definition) is 1. The van der Waals surface area contributed by atoms with E-state index in [1.807, 2.05) is 18.2 Å². The first kappa shape index (κ1) is 37.1. The number of carbonyl (C=O) groups is 6. The van der Waals surface area contributed by atoms with Crippen molar-refractivity contribution in [1.82, 2.24) is 0 Å². The number of halogens is 1. The van der Waals surface area contributed by atoms with Gasteiger partial charge in [0.25, 0.3) is 0 Å². The molecule has 2 aliphatic heterocycles. The van der Waals surface area contributed by atoms with Gasteiger partial charge in [-0.25, -0.2) is 0 Å². The predicted octanol–water partition coefficient (Wildman–Crippen LogP) is 7.67. The highest BCUT2D eigenvalue weighted by molar-refractivity contribution is 9.10. The Balaban J connectivity index is 1.07. The Bertz CT molecular complexity index is 2570. The summed E-state index contributed by atoms with van der Waals surface area (Å²) in [6, 6.07) is 33.6. The van der Waals surface area contributed by atoms with Gasteiger partial charge in [0.15, 0.2) is 23.1 Å². The second-order valence-electron chi connectivity index (χ2n) is 15.1. The second kappa shape index (κ2) is 14.5. The molecule has 58 heavy (non-hydrogen) atoms. The molecule has 5 aromatic carbocycles. The maximum atomic E-state index is 14.7. The highest BCUT2D eigenvalue weighted by atomic mass is 79.9. The monoisotopic (exact) mass is 834 g/mol. The summed E-state index contributed by atoms with van der Waals surface area (Å²) in [5.41, 5.74) is 3.52. The zero-order valence-corrected chi connectivity index (χ0v) is 32.7. The first-order valence-electron chi connectivity index (χ1n) is 19.0. The van der Waals surface area contributed by atoms with Gasteiger partial charge < -0.3 is 9.84 Å². The topological polar surface area (TPSA) is 138 Å². The van der Waals surface area contributed by atoms with E-state index in [0.717, 1.165) is 4.90 Å². The van der Waals surface area contributed by atoms with Crippen LogP contribution in [0.15, 0.2) is 137 Å². The van der Waals surface area contributed by atoms with Crippen LogP contribution < -0.4 is 14.5 Å². The van der Waals surface area contributed by atoms with Gasteiger partial charge in [0.2, 0.25) is 23.6 Å². The van der Waals surface area contributed by atoms with Crippen LogP contribution in [0.4, 0.5) is 11.4 Å². The molecule has 5 aromatic rings. The van der Waals surface area contributed by atoms with E-state index in [1.165, 1.54) is 12.0 Å². The Labute approximate surface area is 341 Å². The lowest BCUT2D eigenvalue weighted by atomic mass is 9.57. The molecule has 2 aliphatic carbocycles. The molecule has 288 valence electrons. The average molecular weight is 836 g/mol. The first-order valence-corrected chi connectivity index (χ1v) is 19.8. The number of ether oxygens (including phenoxy) is 1. The van der Waals surface area contributed by atoms with Crippen molar-refractivity contribution in [3.8, 4) is 11.5 Å². The number of benzene rings is 5. The number of hydrogen-bond acceptors (Lipinski definition) is 8. The van der Waals surface area contributed by atoms with Crippen molar-refractivity contribution in [2.45, 2.75) is 18.8 Å². The van der Waals surface area contributed by atoms with Gasteiger partial charge in [-0.1, -0.05) is 88.2 Å². The summed E-state index contributed by atoms with van der Waals surface area (Å²) in [7, 11) is 1.42. The lowest BCUT2D eigenvalue weighted by Gasteiger charge is -2.44. The number of methoxy groups -OCH3 is 1. The molecule has 3 fully saturated rings. The van der Waals surface area contributed by atoms with Gasteiger partial charge in [-0.3, -0.25) is 38.6 Å². The molecule has 6 atom stereocenters. The zero-order valence-electron chi connectivity index (χ0n) is 31.1. The molecule has 11 heteroatoms. The number of fused-ring (bicyclic) bond motifs is 4. The SMILES string of the molecule is COc1cc(Br)cc(C2C3=CCC4C(=O)N(c5ccc(C(=O)c6ccccc6)cc5)C(=O)C4C3CC3C(=O)N(c4ccc(C(=O)c5ccccc5)cc4)C(=O)C32)c1O. The smallest absolute Gasteiger partial charge is 0.238 e. The molecule has 0 bridgehead atoms. The van der Waals surface area contributed by atoms with E-state index in [9.17, 15) is 33.9 Å². The Morgan fingerprint density at radius 2 is 1.10 bits per heavy atom. The third-order valence-corrected chi connectivity index (χ3v) is 12.6. The molecular weight excluding hydrogens is 800 g/mol. The van der Waals surface area contributed by atoms with Crippen LogP contribution in [0.1, 0.15) is 56.2 Å². The van der Waals surface area contributed by atoms with Crippen molar-refractivity contribution >= 4 is 62.5 Å². The summed E-state index contributed by atoms with van der Waals surface area (Å²) in [6.07, 6.45) is 2.24. The first-order chi connectivity index (χ1) is 28.1. The van der Waals surface area contributed by atoms with Gasteiger partial charge in [-0.2, -0.15) is 0 Å². The van der Waals surface area contributed by atoms with E-state index in [4.69, 9.17) is 4.74 Å². The lowest BCUT2D eigenvalue weighted by Crippen LogP contribution is -2.43. The molecule has 2 saturated heterocycles. The number of aromatic hydroxyl groups is 1. The van der Waals surface area contributed by atoms with E-state index in [2.05, 4.69) is 15.9 Å². The summed E-state index contributed by atoms with van der Waals surface area (Å²) in [6.45, 7) is 0. The second-order valence-corrected chi connectivity index (χ2v) is 16.0. The number of phenols is 1. The van der Waals surface area contributed by atoms with Crippen LogP contribution in [0.3, 0.4) is 0 Å². The fraction of sp³-hybridized carbons (Fsp3) is 0.191. The Kier molecular flexibility index (Phi) is 9.27. The molecule has 4 amide bonds. The third-order valence-electron chi connectivity index (χ3n) is 12.1. The minimum atomic E-state index is -0.944. The summed E-state index contributed by atoms with van der Waals surface area (Å²) in [5.74, 6) is -6.99. The van der Waals surface area contributed by atoms with Crippen LogP contribution in [0.25, 0.3) is 0 Å². The number of amides is 4. The Morgan fingerprint density at radius 1 is 0.621 bits per heavy atom. The van der Waals surface area contributed by atoms with Crippen molar-refractivity contribution in [1.29, 1.82) is 0 Å². The molecule has 4 aliphatic rings. The lowest BCUT2D eigenvalue weighted by molar-refractivity contribution is -0.126. The van der Waals surface area contributed by atoms with E-state index < -0.39 is 53.2 Å². The van der Waals surface area contributed by atoms with Crippen molar-refractivity contribution in [3.05, 3.63) is 165 Å². The fourth-order valence-corrected chi connectivity index (χ4v) is 9.92. The average Bonchev–Trinajstić information content (AvgIpc) is 3.67. The van der Waals surface area contributed by atoms with Gasteiger partial charge in [0, 0.05) is 38.2 Å². The number of imide groups is 2. The number of allylic oxidation sites excluding steroid dienone is 2. The quantitative estimate of drug-likeness (QED) is 0.0956. The number of ketones is 2. The van der Waals surface area contributed by atoms with Gasteiger partial charge in [-0.05, 0) is 79.4 Å². The molecule has 1 saturated carbocycles.